The van der Waals surface area contributed by atoms with Gasteiger partial charge in [-0.25, -0.2) is 4.79 Å². The number of carboxylic acid groups (broad SMARTS) is 1. The molecule has 7 heteroatoms. The van der Waals surface area contributed by atoms with Gasteiger partial charge >= 0.3 is 5.97 Å². The largest absolute Gasteiger partial charge is 0.478 e. The van der Waals surface area contributed by atoms with Gasteiger partial charge in [-0.15, -0.1) is 0 Å². The number of rotatable bonds is 4. The molecule has 2 rings (SSSR count). The van der Waals surface area contributed by atoms with Crippen molar-refractivity contribution in [2.45, 2.75) is 0 Å². The molecule has 22 heavy (non-hydrogen) atoms. The first kappa shape index (κ1) is 15.5. The van der Waals surface area contributed by atoms with Crippen LogP contribution >= 0.6 is 0 Å². The molecule has 0 unspecified atom stereocenters. The van der Waals surface area contributed by atoms with Crippen LogP contribution < -0.4 is 5.32 Å². The lowest BCUT2D eigenvalue weighted by Crippen LogP contribution is -2.41. The number of hydrogen-bond acceptors (Lipinski definition) is 5. The van der Waals surface area contributed by atoms with Gasteiger partial charge in [-0.3, -0.25) is 4.79 Å². The highest BCUT2D eigenvalue weighted by atomic mass is 16.5. The van der Waals surface area contributed by atoms with Crippen molar-refractivity contribution in [3.8, 4) is 6.07 Å². The van der Waals surface area contributed by atoms with Crippen molar-refractivity contribution in [3.05, 3.63) is 41.6 Å². The van der Waals surface area contributed by atoms with Gasteiger partial charge in [-0.05, 0) is 24.3 Å². The molecule has 0 aliphatic carbocycles. The average Bonchev–Trinajstić information content (AvgIpc) is 2.56. The van der Waals surface area contributed by atoms with E-state index in [2.05, 4.69) is 5.32 Å². The number of carbonyl (C=O) groups is 2. The van der Waals surface area contributed by atoms with Crippen molar-refractivity contribution in [1.29, 1.82) is 5.26 Å². The third-order valence-electron chi connectivity index (χ3n) is 3.16. The molecule has 2 N–H and O–H groups in total. The first-order valence-electron chi connectivity index (χ1n) is 6.69. The van der Waals surface area contributed by atoms with Gasteiger partial charge in [-0.2, -0.15) is 5.26 Å². The zero-order valence-corrected chi connectivity index (χ0v) is 11.8. The highest BCUT2D eigenvalue weighted by molar-refractivity contribution is 5.97. The summed E-state index contributed by atoms with van der Waals surface area (Å²) >= 11 is 0. The van der Waals surface area contributed by atoms with Crippen LogP contribution in [0, 0.1) is 11.3 Å². The number of nitrogens with one attached hydrogen (secondary N) is 1. The summed E-state index contributed by atoms with van der Waals surface area (Å²) in [5.74, 6) is -1.36. The average molecular weight is 301 g/mol. The number of amides is 1. The van der Waals surface area contributed by atoms with E-state index < -0.39 is 5.97 Å². The van der Waals surface area contributed by atoms with Crippen LogP contribution in [-0.4, -0.2) is 48.2 Å². The summed E-state index contributed by atoms with van der Waals surface area (Å²) in [7, 11) is 0. The molecular weight excluding hydrogens is 286 g/mol. The molecule has 1 fully saturated rings. The predicted molar refractivity (Wildman–Crippen MR) is 78.1 cm³/mol. The standard InChI is InChI=1S/C15H15N3O4/c16-9-12(14(19)18-5-7-22-8-6-18)10-17-13-3-1-11(2-4-13)15(20)21/h1-4,10,17H,5-8H2,(H,20,21)/b12-10-. The molecule has 0 aromatic heterocycles. The molecule has 0 bridgehead atoms. The van der Waals surface area contributed by atoms with Crippen molar-refractivity contribution < 1.29 is 19.4 Å². The van der Waals surface area contributed by atoms with Gasteiger partial charge in [-0.1, -0.05) is 0 Å². The summed E-state index contributed by atoms with van der Waals surface area (Å²) in [5, 5.41) is 20.7. The molecule has 114 valence electrons. The number of ether oxygens (including phenoxy) is 1. The Bertz CT molecular complexity index is 625. The van der Waals surface area contributed by atoms with Crippen molar-refractivity contribution in [2.75, 3.05) is 31.6 Å². The van der Waals surface area contributed by atoms with Crippen molar-refractivity contribution >= 4 is 17.6 Å². The number of carbonyl (C=O) groups excluding carboxylic acids is 1. The van der Waals surface area contributed by atoms with Crippen LogP contribution in [0.3, 0.4) is 0 Å². The van der Waals surface area contributed by atoms with E-state index in [-0.39, 0.29) is 17.0 Å². The maximum Gasteiger partial charge on any atom is 0.335 e. The Hall–Kier alpha value is -2.85. The number of nitrogens with zero attached hydrogens (tertiary/aromatic N) is 2. The van der Waals surface area contributed by atoms with E-state index in [1.807, 2.05) is 6.07 Å². The van der Waals surface area contributed by atoms with E-state index in [1.165, 1.54) is 18.3 Å². The van der Waals surface area contributed by atoms with Gasteiger partial charge in [0, 0.05) is 25.0 Å². The number of carboxylic acids is 1. The van der Waals surface area contributed by atoms with Crippen LogP contribution in [0.4, 0.5) is 5.69 Å². The third-order valence-corrected chi connectivity index (χ3v) is 3.16. The fourth-order valence-corrected chi connectivity index (χ4v) is 1.94. The zero-order valence-electron chi connectivity index (χ0n) is 11.8. The lowest BCUT2D eigenvalue weighted by atomic mass is 10.2. The Morgan fingerprint density at radius 2 is 1.91 bits per heavy atom. The summed E-state index contributed by atoms with van der Waals surface area (Å²) in [6, 6.07) is 7.88. The minimum Gasteiger partial charge on any atom is -0.478 e. The molecule has 1 aromatic rings. The van der Waals surface area contributed by atoms with E-state index >= 15 is 0 Å². The monoisotopic (exact) mass is 301 g/mol. The second-order valence-corrected chi connectivity index (χ2v) is 4.60. The van der Waals surface area contributed by atoms with Crippen LogP contribution in [0.25, 0.3) is 0 Å². The normalized spacial score (nSPS) is 15.0. The Kier molecular flexibility index (Phi) is 5.11. The highest BCUT2D eigenvalue weighted by Crippen LogP contribution is 2.11. The third kappa shape index (κ3) is 3.84. The fourth-order valence-electron chi connectivity index (χ4n) is 1.94. The van der Waals surface area contributed by atoms with Gasteiger partial charge in [0.25, 0.3) is 5.91 Å². The molecule has 1 heterocycles. The van der Waals surface area contributed by atoms with Gasteiger partial charge in [0.2, 0.25) is 0 Å². The molecule has 0 radical (unpaired) electrons. The number of aromatic carboxylic acids is 1. The fraction of sp³-hybridized carbons (Fsp3) is 0.267. The molecule has 0 saturated carbocycles. The minimum atomic E-state index is -1.01. The number of morpholine rings is 1. The number of benzene rings is 1. The Balaban J connectivity index is 2.04. The van der Waals surface area contributed by atoms with E-state index in [0.29, 0.717) is 32.0 Å². The molecule has 1 amide bonds. The minimum absolute atomic E-state index is 0.00999. The number of hydrogen-bond donors (Lipinski definition) is 2. The molecule has 1 saturated heterocycles. The van der Waals surface area contributed by atoms with Gasteiger partial charge in [0.05, 0.1) is 18.8 Å². The molecule has 1 aliphatic rings. The van der Waals surface area contributed by atoms with E-state index in [0.717, 1.165) is 0 Å². The molecule has 0 atom stereocenters. The zero-order chi connectivity index (χ0) is 15.9. The first-order chi connectivity index (χ1) is 10.6. The summed E-state index contributed by atoms with van der Waals surface area (Å²) in [4.78, 5) is 24.5. The van der Waals surface area contributed by atoms with Crippen LogP contribution in [0.5, 0.6) is 0 Å². The Labute approximate surface area is 127 Å². The van der Waals surface area contributed by atoms with Crippen molar-refractivity contribution in [1.82, 2.24) is 4.90 Å². The first-order valence-corrected chi connectivity index (χ1v) is 6.69. The summed E-state index contributed by atoms with van der Waals surface area (Å²) in [5.41, 5.74) is 0.746. The van der Waals surface area contributed by atoms with Gasteiger partial charge in [0.1, 0.15) is 11.6 Å². The SMILES string of the molecule is N#C/C(=C/Nc1ccc(C(=O)O)cc1)C(=O)N1CCOCC1. The van der Waals surface area contributed by atoms with Gasteiger partial charge in [0.15, 0.2) is 0 Å². The van der Waals surface area contributed by atoms with Crippen LogP contribution in [0.2, 0.25) is 0 Å². The topological polar surface area (TPSA) is 103 Å². The Morgan fingerprint density at radius 3 is 2.45 bits per heavy atom. The lowest BCUT2D eigenvalue weighted by molar-refractivity contribution is -0.130. The van der Waals surface area contributed by atoms with Gasteiger partial charge < -0.3 is 20.1 Å². The second kappa shape index (κ2) is 7.24. The van der Waals surface area contributed by atoms with Crippen LogP contribution in [0.15, 0.2) is 36.0 Å². The van der Waals surface area contributed by atoms with E-state index in [1.54, 1.807) is 17.0 Å². The van der Waals surface area contributed by atoms with E-state index in [9.17, 15) is 9.59 Å². The van der Waals surface area contributed by atoms with Crippen LogP contribution in [-0.2, 0) is 9.53 Å². The molecular formula is C15H15N3O4. The molecule has 7 nitrogen and oxygen atoms in total. The summed E-state index contributed by atoms with van der Waals surface area (Å²) < 4.78 is 5.16. The second-order valence-electron chi connectivity index (χ2n) is 4.60. The maximum atomic E-state index is 12.2. The van der Waals surface area contributed by atoms with Crippen molar-refractivity contribution in [3.63, 3.8) is 0 Å². The summed E-state index contributed by atoms with van der Waals surface area (Å²) in [6.07, 6.45) is 1.33. The lowest BCUT2D eigenvalue weighted by Gasteiger charge is -2.26. The predicted octanol–water partition coefficient (Wildman–Crippen LogP) is 1.06. The smallest absolute Gasteiger partial charge is 0.335 e. The summed E-state index contributed by atoms with van der Waals surface area (Å²) in [6.45, 7) is 1.86. The molecule has 1 aromatic carbocycles. The van der Waals surface area contributed by atoms with E-state index in [4.69, 9.17) is 15.1 Å². The Morgan fingerprint density at radius 1 is 1.27 bits per heavy atom. The molecule has 0 spiro atoms. The molecule has 1 aliphatic heterocycles. The number of nitriles is 1. The highest BCUT2D eigenvalue weighted by Gasteiger charge is 2.20. The maximum absolute atomic E-state index is 12.2. The number of anilines is 1. The quantitative estimate of drug-likeness (QED) is 0.637. The van der Waals surface area contributed by atoms with Crippen molar-refractivity contribution in [2.24, 2.45) is 0 Å². The van der Waals surface area contributed by atoms with Crippen LogP contribution in [0.1, 0.15) is 10.4 Å².